The van der Waals surface area contributed by atoms with Gasteiger partial charge in [-0.2, -0.15) is 0 Å². The summed E-state index contributed by atoms with van der Waals surface area (Å²) >= 11 is 0. The summed E-state index contributed by atoms with van der Waals surface area (Å²) in [7, 11) is 0. The van der Waals surface area contributed by atoms with Crippen molar-refractivity contribution in [1.82, 2.24) is 9.88 Å². The average molecular weight is 363 g/mol. The van der Waals surface area contributed by atoms with Gasteiger partial charge in [0.1, 0.15) is 17.7 Å². The molecule has 0 unspecified atom stereocenters. The normalized spacial score (nSPS) is 17.4. The number of nitrogens with zero attached hydrogens (tertiary/aromatic N) is 2. The first-order chi connectivity index (χ1) is 13.3. The van der Waals surface area contributed by atoms with Gasteiger partial charge in [0.25, 0.3) is 0 Å². The quantitative estimate of drug-likeness (QED) is 0.845. The van der Waals surface area contributed by atoms with Crippen LogP contribution >= 0.6 is 0 Å². The number of rotatable bonds is 4. The monoisotopic (exact) mass is 363 g/mol. The maximum atomic E-state index is 12.5. The van der Waals surface area contributed by atoms with Crippen LogP contribution in [0, 0.1) is 0 Å². The predicted octanol–water partition coefficient (Wildman–Crippen LogP) is 3.52. The number of ether oxygens (including phenoxy) is 1. The van der Waals surface area contributed by atoms with Crippen molar-refractivity contribution in [2.75, 3.05) is 25.0 Å². The number of hydrogen-bond acceptors (Lipinski definition) is 4. The summed E-state index contributed by atoms with van der Waals surface area (Å²) in [6, 6.07) is 12.0. The average Bonchev–Trinajstić information content (AvgIpc) is 2.73. The third kappa shape index (κ3) is 4.48. The number of para-hydroxylation sites is 1. The number of anilines is 1. The number of benzene rings is 1. The van der Waals surface area contributed by atoms with Gasteiger partial charge in [-0.15, -0.1) is 0 Å². The Bertz CT molecular complexity index is 812. The highest BCUT2D eigenvalue weighted by atomic mass is 16.5. The van der Waals surface area contributed by atoms with Crippen molar-refractivity contribution in [1.29, 1.82) is 0 Å². The third-order valence-corrected chi connectivity index (χ3v) is 5.12. The topological polar surface area (TPSA) is 54.5 Å². The van der Waals surface area contributed by atoms with Crippen LogP contribution in [0.15, 0.2) is 48.7 Å². The molecule has 0 bridgehead atoms. The fourth-order valence-corrected chi connectivity index (χ4v) is 3.61. The van der Waals surface area contributed by atoms with Crippen molar-refractivity contribution in [2.45, 2.75) is 31.8 Å². The Labute approximate surface area is 160 Å². The fraction of sp³-hybridized carbons (Fsp3) is 0.364. The van der Waals surface area contributed by atoms with E-state index in [4.69, 9.17) is 4.74 Å². The molecule has 1 amide bonds. The summed E-state index contributed by atoms with van der Waals surface area (Å²) < 4.78 is 6.00. The second-order valence-electron chi connectivity index (χ2n) is 7.10. The standard InChI is InChI=1S/C22H25N3O2/c26-21(9-8-17-15-18-5-4-12-23-22(18)24-16-17)25-13-10-20(11-14-25)27-19-6-2-1-3-7-19/h1-3,6-9,15-16,20H,4-5,10-14H2,(H,23,24). The number of amides is 1. The molecule has 1 aromatic carbocycles. The number of nitrogens with one attached hydrogen (secondary N) is 1. The second kappa shape index (κ2) is 8.25. The van der Waals surface area contributed by atoms with Gasteiger partial charge in [-0.25, -0.2) is 4.98 Å². The molecule has 2 aliphatic rings. The molecule has 5 heteroatoms. The molecule has 1 N–H and O–H groups in total. The number of piperidine rings is 1. The zero-order valence-corrected chi connectivity index (χ0v) is 15.4. The molecule has 3 heterocycles. The molecule has 2 aliphatic heterocycles. The van der Waals surface area contributed by atoms with Gasteiger partial charge >= 0.3 is 0 Å². The largest absolute Gasteiger partial charge is 0.490 e. The van der Waals surface area contributed by atoms with Gasteiger partial charge in [0, 0.05) is 44.7 Å². The summed E-state index contributed by atoms with van der Waals surface area (Å²) in [6.07, 6.45) is 9.43. The van der Waals surface area contributed by atoms with Crippen LogP contribution in [0.4, 0.5) is 5.82 Å². The van der Waals surface area contributed by atoms with Gasteiger partial charge in [-0.05, 0) is 48.2 Å². The molecular formula is C22H25N3O2. The zero-order valence-electron chi connectivity index (χ0n) is 15.4. The smallest absolute Gasteiger partial charge is 0.246 e. The predicted molar refractivity (Wildman–Crippen MR) is 107 cm³/mol. The van der Waals surface area contributed by atoms with Gasteiger partial charge < -0.3 is 15.0 Å². The van der Waals surface area contributed by atoms with Crippen LogP contribution in [0.5, 0.6) is 5.75 Å². The first-order valence-electron chi connectivity index (χ1n) is 9.69. The van der Waals surface area contributed by atoms with Crippen LogP contribution in [0.25, 0.3) is 6.08 Å². The molecule has 4 rings (SSSR count). The van der Waals surface area contributed by atoms with Crippen LogP contribution in [-0.4, -0.2) is 41.5 Å². The Balaban J connectivity index is 1.30. The maximum absolute atomic E-state index is 12.5. The van der Waals surface area contributed by atoms with Gasteiger partial charge in [-0.1, -0.05) is 18.2 Å². The Morgan fingerprint density at radius 2 is 2.04 bits per heavy atom. The van der Waals surface area contributed by atoms with Crippen molar-refractivity contribution >= 4 is 17.8 Å². The number of aromatic nitrogens is 1. The van der Waals surface area contributed by atoms with Crippen LogP contribution in [-0.2, 0) is 11.2 Å². The van der Waals surface area contributed by atoms with Crippen molar-refractivity contribution in [2.24, 2.45) is 0 Å². The molecule has 0 atom stereocenters. The summed E-state index contributed by atoms with van der Waals surface area (Å²) in [6.45, 7) is 2.44. The van der Waals surface area contributed by atoms with Crippen molar-refractivity contribution in [3.05, 3.63) is 59.8 Å². The summed E-state index contributed by atoms with van der Waals surface area (Å²) in [4.78, 5) is 18.8. The van der Waals surface area contributed by atoms with E-state index >= 15 is 0 Å². The molecule has 0 spiro atoms. The molecule has 5 nitrogen and oxygen atoms in total. The van der Waals surface area contributed by atoms with Gasteiger partial charge in [-0.3, -0.25) is 4.79 Å². The molecule has 0 radical (unpaired) electrons. The van der Waals surface area contributed by atoms with Crippen LogP contribution in [0.3, 0.4) is 0 Å². The minimum absolute atomic E-state index is 0.0593. The number of hydrogen-bond donors (Lipinski definition) is 1. The molecular weight excluding hydrogens is 338 g/mol. The SMILES string of the molecule is O=C(C=Cc1cnc2c(c1)CCCN2)N1CCC(Oc2ccccc2)CC1. The second-order valence-corrected chi connectivity index (χ2v) is 7.10. The van der Waals surface area contributed by atoms with E-state index in [0.29, 0.717) is 0 Å². The van der Waals surface area contributed by atoms with Crippen LogP contribution in [0.2, 0.25) is 0 Å². The number of pyridine rings is 1. The zero-order chi connectivity index (χ0) is 18.5. The van der Waals surface area contributed by atoms with Crippen LogP contribution in [0.1, 0.15) is 30.4 Å². The van der Waals surface area contributed by atoms with E-state index in [1.165, 1.54) is 5.56 Å². The summed E-state index contributed by atoms with van der Waals surface area (Å²) in [5.74, 6) is 1.94. The summed E-state index contributed by atoms with van der Waals surface area (Å²) in [5.41, 5.74) is 2.21. The van der Waals surface area contributed by atoms with Gasteiger partial charge in [0.15, 0.2) is 0 Å². The molecule has 1 aromatic heterocycles. The number of fused-ring (bicyclic) bond motifs is 1. The van der Waals surface area contributed by atoms with E-state index in [0.717, 1.165) is 62.4 Å². The molecule has 1 fully saturated rings. The summed E-state index contributed by atoms with van der Waals surface area (Å²) in [5, 5.41) is 3.31. The van der Waals surface area contributed by atoms with E-state index in [-0.39, 0.29) is 12.0 Å². The lowest BCUT2D eigenvalue weighted by Crippen LogP contribution is -2.41. The first-order valence-corrected chi connectivity index (χ1v) is 9.69. The van der Waals surface area contributed by atoms with Gasteiger partial charge in [0.2, 0.25) is 5.91 Å². The lowest BCUT2D eigenvalue weighted by atomic mass is 10.0. The number of likely N-dealkylation sites (tertiary alicyclic amines) is 1. The molecule has 140 valence electrons. The fourth-order valence-electron chi connectivity index (χ4n) is 3.61. The Morgan fingerprint density at radius 3 is 2.85 bits per heavy atom. The molecule has 2 aromatic rings. The highest BCUT2D eigenvalue weighted by Gasteiger charge is 2.22. The van der Waals surface area contributed by atoms with Crippen molar-refractivity contribution in [3.8, 4) is 5.75 Å². The van der Waals surface area contributed by atoms with Crippen LogP contribution < -0.4 is 10.1 Å². The van der Waals surface area contributed by atoms with E-state index in [9.17, 15) is 4.79 Å². The van der Waals surface area contributed by atoms with E-state index in [1.807, 2.05) is 47.5 Å². The van der Waals surface area contributed by atoms with E-state index in [2.05, 4.69) is 16.4 Å². The molecule has 27 heavy (non-hydrogen) atoms. The Kier molecular flexibility index (Phi) is 5.37. The lowest BCUT2D eigenvalue weighted by molar-refractivity contribution is -0.127. The van der Waals surface area contributed by atoms with E-state index in [1.54, 1.807) is 6.08 Å². The first kappa shape index (κ1) is 17.6. The van der Waals surface area contributed by atoms with Gasteiger partial charge in [0.05, 0.1) is 0 Å². The highest BCUT2D eigenvalue weighted by molar-refractivity contribution is 5.91. The van der Waals surface area contributed by atoms with Crippen molar-refractivity contribution < 1.29 is 9.53 Å². The molecule has 0 saturated carbocycles. The number of aryl methyl sites for hydroxylation is 1. The van der Waals surface area contributed by atoms with Crippen molar-refractivity contribution in [3.63, 3.8) is 0 Å². The maximum Gasteiger partial charge on any atom is 0.246 e. The number of carbonyl (C=O) groups excluding carboxylic acids is 1. The highest BCUT2D eigenvalue weighted by Crippen LogP contribution is 2.21. The van der Waals surface area contributed by atoms with E-state index < -0.39 is 0 Å². The molecule has 1 saturated heterocycles. The Morgan fingerprint density at radius 1 is 1.22 bits per heavy atom. The third-order valence-electron chi connectivity index (χ3n) is 5.12. The minimum atomic E-state index is 0.0593. The molecule has 0 aliphatic carbocycles. The number of carbonyl (C=O) groups is 1. The lowest BCUT2D eigenvalue weighted by Gasteiger charge is -2.31. The minimum Gasteiger partial charge on any atom is -0.490 e. The Hall–Kier alpha value is -2.82.